The van der Waals surface area contributed by atoms with E-state index in [0.717, 1.165) is 21.3 Å². The summed E-state index contributed by atoms with van der Waals surface area (Å²) >= 11 is 9.54. The van der Waals surface area contributed by atoms with Crippen molar-refractivity contribution >= 4 is 48.9 Å². The summed E-state index contributed by atoms with van der Waals surface area (Å²) in [4.78, 5) is 8.89. The van der Waals surface area contributed by atoms with Crippen LogP contribution < -0.4 is 9.80 Å². The molecule has 9 heteroatoms. The summed E-state index contributed by atoms with van der Waals surface area (Å²) < 4.78 is 34.3. The lowest BCUT2D eigenvalue weighted by Crippen LogP contribution is -2.46. The van der Waals surface area contributed by atoms with Gasteiger partial charge in [0.25, 0.3) is 0 Å². The Morgan fingerprint density at radius 2 is 1.60 bits per heavy atom. The van der Waals surface area contributed by atoms with E-state index in [9.17, 15) is 8.42 Å². The average molecular weight is 573 g/mol. The molecule has 0 bridgehead atoms. The van der Waals surface area contributed by atoms with Crippen LogP contribution in [0, 0.1) is 6.92 Å². The van der Waals surface area contributed by atoms with E-state index in [4.69, 9.17) is 16.0 Å². The Hall–Kier alpha value is -2.81. The molecular weight excluding hydrogens is 550 g/mol. The van der Waals surface area contributed by atoms with Gasteiger partial charge in [-0.1, -0.05) is 51.8 Å². The van der Waals surface area contributed by atoms with Crippen LogP contribution in [-0.2, 0) is 9.84 Å². The maximum absolute atomic E-state index is 13.7. The quantitative estimate of drug-likeness (QED) is 0.283. The van der Waals surface area contributed by atoms with Crippen LogP contribution in [0.25, 0.3) is 11.5 Å². The summed E-state index contributed by atoms with van der Waals surface area (Å²) in [6.45, 7) is 4.50. The fourth-order valence-electron chi connectivity index (χ4n) is 4.17. The van der Waals surface area contributed by atoms with Gasteiger partial charge in [-0.3, -0.25) is 0 Å². The largest absolute Gasteiger partial charge is 0.419 e. The van der Waals surface area contributed by atoms with Gasteiger partial charge >= 0.3 is 0 Å². The van der Waals surface area contributed by atoms with Crippen molar-refractivity contribution in [2.24, 2.45) is 0 Å². The number of oxazole rings is 1. The number of piperazine rings is 1. The molecule has 35 heavy (non-hydrogen) atoms. The Kier molecular flexibility index (Phi) is 6.61. The van der Waals surface area contributed by atoms with E-state index in [2.05, 4.69) is 25.8 Å². The molecule has 0 amide bonds. The predicted molar refractivity (Wildman–Crippen MR) is 142 cm³/mol. The van der Waals surface area contributed by atoms with E-state index in [1.165, 1.54) is 0 Å². The van der Waals surface area contributed by atoms with Gasteiger partial charge in [-0.2, -0.15) is 4.98 Å². The Morgan fingerprint density at radius 3 is 2.29 bits per heavy atom. The van der Waals surface area contributed by atoms with Crippen LogP contribution in [0.1, 0.15) is 5.56 Å². The zero-order chi connectivity index (χ0) is 24.6. The second-order valence-corrected chi connectivity index (χ2v) is 11.6. The molecule has 0 spiro atoms. The zero-order valence-electron chi connectivity index (χ0n) is 19.0. The molecule has 0 radical (unpaired) electrons. The Morgan fingerprint density at radius 1 is 0.914 bits per heavy atom. The number of hydrogen-bond donors (Lipinski definition) is 0. The minimum Gasteiger partial charge on any atom is -0.419 e. The molecule has 1 aliphatic rings. The van der Waals surface area contributed by atoms with E-state index in [0.29, 0.717) is 37.1 Å². The first-order valence-corrected chi connectivity index (χ1v) is 13.8. The molecule has 4 aromatic rings. The van der Waals surface area contributed by atoms with E-state index < -0.39 is 9.84 Å². The Bertz CT molecular complexity index is 1460. The monoisotopic (exact) mass is 571 g/mol. The van der Waals surface area contributed by atoms with Crippen molar-refractivity contribution in [1.29, 1.82) is 0 Å². The summed E-state index contributed by atoms with van der Waals surface area (Å²) in [6.07, 6.45) is 0. The predicted octanol–water partition coefficient (Wildman–Crippen LogP) is 6.23. The molecule has 0 N–H and O–H groups in total. The molecule has 0 aliphatic carbocycles. The fourth-order valence-corrected chi connectivity index (χ4v) is 5.94. The number of anilines is 2. The van der Waals surface area contributed by atoms with Crippen molar-refractivity contribution in [3.63, 3.8) is 0 Å². The molecule has 0 atom stereocenters. The topological polar surface area (TPSA) is 66.7 Å². The van der Waals surface area contributed by atoms with E-state index in [-0.39, 0.29) is 15.8 Å². The highest BCUT2D eigenvalue weighted by atomic mass is 79.9. The number of rotatable bonds is 5. The summed E-state index contributed by atoms with van der Waals surface area (Å²) in [7, 11) is -3.91. The molecule has 180 valence electrons. The van der Waals surface area contributed by atoms with Crippen LogP contribution in [0.15, 0.2) is 91.6 Å². The highest BCUT2D eigenvalue weighted by Gasteiger charge is 2.33. The van der Waals surface area contributed by atoms with Gasteiger partial charge in [0.05, 0.1) is 4.90 Å². The number of aryl methyl sites for hydroxylation is 1. The first-order valence-electron chi connectivity index (χ1n) is 11.2. The molecule has 3 aromatic carbocycles. The highest BCUT2D eigenvalue weighted by molar-refractivity contribution is 9.10. The number of nitrogens with zero attached hydrogens (tertiary/aromatic N) is 3. The third kappa shape index (κ3) is 4.83. The molecule has 5 rings (SSSR count). The first kappa shape index (κ1) is 23.9. The van der Waals surface area contributed by atoms with Gasteiger partial charge in [-0.05, 0) is 61.0 Å². The number of sulfone groups is 1. The lowest BCUT2D eigenvalue weighted by atomic mass is 10.1. The van der Waals surface area contributed by atoms with Crippen LogP contribution in [0.5, 0.6) is 0 Å². The van der Waals surface area contributed by atoms with Crippen LogP contribution in [-0.4, -0.2) is 39.6 Å². The van der Waals surface area contributed by atoms with E-state index in [1.54, 1.807) is 24.3 Å². The molecule has 0 unspecified atom stereocenters. The number of hydrogen-bond acceptors (Lipinski definition) is 6. The molecule has 6 nitrogen and oxygen atoms in total. The second-order valence-electron chi connectivity index (χ2n) is 8.36. The lowest BCUT2D eigenvalue weighted by molar-refractivity contribution is 0.525. The van der Waals surface area contributed by atoms with Gasteiger partial charge in [0.1, 0.15) is 0 Å². The van der Waals surface area contributed by atoms with Gasteiger partial charge in [-0.25, -0.2) is 8.42 Å². The van der Waals surface area contributed by atoms with Crippen LogP contribution in [0.4, 0.5) is 11.6 Å². The maximum Gasteiger partial charge on any atom is 0.236 e. The van der Waals surface area contributed by atoms with Gasteiger partial charge in [0.2, 0.25) is 26.6 Å². The summed E-state index contributed by atoms with van der Waals surface area (Å²) in [5, 5.41) is 0.625. The molecule has 1 aromatic heterocycles. The van der Waals surface area contributed by atoms with E-state index in [1.807, 2.05) is 60.4 Å². The first-order chi connectivity index (χ1) is 16.8. The maximum atomic E-state index is 13.7. The van der Waals surface area contributed by atoms with Crippen LogP contribution in [0.3, 0.4) is 0 Å². The van der Waals surface area contributed by atoms with Gasteiger partial charge < -0.3 is 14.2 Å². The Labute approximate surface area is 218 Å². The van der Waals surface area contributed by atoms with Crippen molar-refractivity contribution in [2.75, 3.05) is 36.0 Å². The van der Waals surface area contributed by atoms with Crippen LogP contribution >= 0.6 is 27.5 Å². The third-order valence-corrected chi connectivity index (χ3v) is 8.51. The number of halogens is 2. The molecule has 2 heterocycles. The van der Waals surface area contributed by atoms with Crippen molar-refractivity contribution in [3.05, 3.63) is 87.9 Å². The average Bonchev–Trinajstić information content (AvgIpc) is 3.31. The summed E-state index contributed by atoms with van der Waals surface area (Å²) in [5.41, 5.74) is 2.76. The highest BCUT2D eigenvalue weighted by Crippen LogP contribution is 2.36. The molecule has 1 fully saturated rings. The number of benzene rings is 3. The zero-order valence-corrected chi connectivity index (χ0v) is 22.1. The smallest absolute Gasteiger partial charge is 0.236 e. The molecule has 0 saturated carbocycles. The standard InChI is InChI=1S/C26H23BrClN3O3S/c1-18-5-2-3-8-23(18)24-29-25(35(32,33)22-11-9-19(27)10-12-22)26(34-24)31-15-13-30(14-16-31)21-7-4-6-20(28)17-21/h2-12,17H,13-16H2,1H3. The minimum absolute atomic E-state index is 0.0609. The van der Waals surface area contributed by atoms with Crippen LogP contribution in [0.2, 0.25) is 5.02 Å². The van der Waals surface area contributed by atoms with Gasteiger partial charge in [0, 0.05) is 46.9 Å². The minimum atomic E-state index is -3.91. The second kappa shape index (κ2) is 9.68. The SMILES string of the molecule is Cc1ccccc1-c1nc(S(=O)(=O)c2ccc(Br)cc2)c(N2CCN(c3cccc(Cl)c3)CC2)o1. The van der Waals surface area contributed by atoms with Gasteiger partial charge in [0.15, 0.2) is 0 Å². The fraction of sp³-hybridized carbons (Fsp3) is 0.192. The molecular formula is C26H23BrClN3O3S. The van der Waals surface area contributed by atoms with Crippen molar-refractivity contribution in [2.45, 2.75) is 16.8 Å². The molecule has 1 saturated heterocycles. The number of aromatic nitrogens is 1. The van der Waals surface area contributed by atoms with Crippen molar-refractivity contribution in [1.82, 2.24) is 4.98 Å². The Balaban J connectivity index is 1.52. The van der Waals surface area contributed by atoms with Crippen molar-refractivity contribution < 1.29 is 12.8 Å². The van der Waals surface area contributed by atoms with Gasteiger partial charge in [-0.15, -0.1) is 0 Å². The lowest BCUT2D eigenvalue weighted by Gasteiger charge is -2.36. The molecule has 1 aliphatic heterocycles. The normalized spacial score (nSPS) is 14.4. The third-order valence-electron chi connectivity index (χ3n) is 6.07. The van der Waals surface area contributed by atoms with E-state index >= 15 is 0 Å². The summed E-state index contributed by atoms with van der Waals surface area (Å²) in [6, 6.07) is 21.9. The summed E-state index contributed by atoms with van der Waals surface area (Å²) in [5.74, 6) is 0.572. The van der Waals surface area contributed by atoms with Crippen molar-refractivity contribution in [3.8, 4) is 11.5 Å².